The molecule has 1 aliphatic carbocycles. The van der Waals surface area contributed by atoms with Gasteiger partial charge in [-0.3, -0.25) is 4.90 Å². The topological polar surface area (TPSA) is 25.4 Å². The Hall–Kier alpha value is -1.23. The Morgan fingerprint density at radius 2 is 2.00 bits per heavy atom. The Kier molecular flexibility index (Phi) is 3.76. The molecule has 1 aromatic carbocycles. The van der Waals surface area contributed by atoms with Crippen LogP contribution < -0.4 is 0 Å². The van der Waals surface area contributed by atoms with Crippen molar-refractivity contribution < 1.29 is 4.74 Å². The minimum atomic E-state index is 0.850. The number of thiazole rings is 1. The molecule has 2 aliphatic rings. The third-order valence-corrected chi connectivity index (χ3v) is 5.24. The van der Waals surface area contributed by atoms with Crippen molar-refractivity contribution in [2.24, 2.45) is 0 Å². The van der Waals surface area contributed by atoms with Crippen molar-refractivity contribution >= 4 is 11.3 Å². The maximum atomic E-state index is 5.40. The maximum Gasteiger partial charge on any atom is 0.107 e. The molecular weight excluding hydrogens is 280 g/mol. The molecule has 4 rings (SSSR count). The average Bonchev–Trinajstić information content (AvgIpc) is 3.16. The number of morpholine rings is 1. The molecule has 0 amide bonds. The van der Waals surface area contributed by atoms with E-state index in [9.17, 15) is 0 Å². The first-order chi connectivity index (χ1) is 10.4. The molecule has 0 saturated carbocycles. The van der Waals surface area contributed by atoms with Crippen LogP contribution in [0, 0.1) is 0 Å². The fourth-order valence-electron chi connectivity index (χ4n) is 3.20. The smallest absolute Gasteiger partial charge is 0.107 e. The monoisotopic (exact) mass is 300 g/mol. The molecule has 1 aromatic heterocycles. The summed E-state index contributed by atoms with van der Waals surface area (Å²) in [5.41, 5.74) is 5.47. The molecule has 110 valence electrons. The highest BCUT2D eigenvalue weighted by molar-refractivity contribution is 7.09. The van der Waals surface area contributed by atoms with Crippen LogP contribution in [0.4, 0.5) is 0 Å². The molecular formula is C17H20N2OS. The lowest BCUT2D eigenvalue weighted by molar-refractivity contribution is 0.0342. The van der Waals surface area contributed by atoms with E-state index in [0.717, 1.165) is 38.5 Å². The molecule has 2 heterocycles. The highest BCUT2D eigenvalue weighted by Gasteiger charge is 2.15. The van der Waals surface area contributed by atoms with Gasteiger partial charge in [0.2, 0.25) is 0 Å². The predicted octanol–water partition coefficient (Wildman–Crippen LogP) is 3.13. The van der Waals surface area contributed by atoms with E-state index in [2.05, 4.69) is 28.5 Å². The van der Waals surface area contributed by atoms with E-state index >= 15 is 0 Å². The highest BCUT2D eigenvalue weighted by Crippen LogP contribution is 2.29. The Balaban J connectivity index is 1.51. The summed E-state index contributed by atoms with van der Waals surface area (Å²) in [4.78, 5) is 7.26. The van der Waals surface area contributed by atoms with E-state index in [1.165, 1.54) is 41.0 Å². The van der Waals surface area contributed by atoms with Crippen molar-refractivity contribution in [2.45, 2.75) is 25.8 Å². The van der Waals surface area contributed by atoms with Crippen LogP contribution in [0.5, 0.6) is 0 Å². The molecule has 4 heteroatoms. The van der Waals surface area contributed by atoms with Crippen molar-refractivity contribution in [3.05, 3.63) is 39.7 Å². The number of rotatable bonds is 3. The summed E-state index contributed by atoms with van der Waals surface area (Å²) in [6.07, 6.45) is 3.78. The van der Waals surface area contributed by atoms with Gasteiger partial charge in [0.15, 0.2) is 0 Å². The number of hydrogen-bond donors (Lipinski definition) is 0. The predicted molar refractivity (Wildman–Crippen MR) is 85.7 cm³/mol. The standard InChI is InChI=1S/C17H20N2OS/c1-2-13-4-5-15(10-14(13)3-1)16-12-21-17(18-16)11-19-6-8-20-9-7-19/h4-5,10,12H,1-3,6-9,11H2. The van der Waals surface area contributed by atoms with Gasteiger partial charge in [0.1, 0.15) is 5.01 Å². The van der Waals surface area contributed by atoms with Gasteiger partial charge in [-0.25, -0.2) is 4.98 Å². The van der Waals surface area contributed by atoms with Gasteiger partial charge in [0.25, 0.3) is 0 Å². The number of benzene rings is 1. The maximum absolute atomic E-state index is 5.40. The summed E-state index contributed by atoms with van der Waals surface area (Å²) in [6.45, 7) is 4.70. The average molecular weight is 300 g/mol. The lowest BCUT2D eigenvalue weighted by Crippen LogP contribution is -2.35. The summed E-state index contributed by atoms with van der Waals surface area (Å²) in [7, 11) is 0. The second kappa shape index (κ2) is 5.87. The van der Waals surface area contributed by atoms with E-state index in [-0.39, 0.29) is 0 Å². The van der Waals surface area contributed by atoms with Crippen LogP contribution in [0.3, 0.4) is 0 Å². The van der Waals surface area contributed by atoms with Gasteiger partial charge in [0, 0.05) is 24.0 Å². The van der Waals surface area contributed by atoms with Crippen molar-refractivity contribution in [2.75, 3.05) is 26.3 Å². The fourth-order valence-corrected chi connectivity index (χ4v) is 4.04. The lowest BCUT2D eigenvalue weighted by Gasteiger charge is -2.25. The van der Waals surface area contributed by atoms with Gasteiger partial charge < -0.3 is 4.74 Å². The number of fused-ring (bicyclic) bond motifs is 1. The zero-order valence-electron chi connectivity index (χ0n) is 12.2. The van der Waals surface area contributed by atoms with E-state index in [1.54, 1.807) is 11.3 Å². The van der Waals surface area contributed by atoms with Gasteiger partial charge in [-0.15, -0.1) is 11.3 Å². The number of aryl methyl sites for hydroxylation is 2. The Labute approximate surface area is 129 Å². The quantitative estimate of drug-likeness (QED) is 0.871. The molecule has 1 aliphatic heterocycles. The third-order valence-electron chi connectivity index (χ3n) is 4.41. The van der Waals surface area contributed by atoms with Crippen molar-refractivity contribution in [1.29, 1.82) is 0 Å². The largest absolute Gasteiger partial charge is 0.379 e. The van der Waals surface area contributed by atoms with Crippen molar-refractivity contribution in [1.82, 2.24) is 9.88 Å². The summed E-state index contributed by atoms with van der Waals surface area (Å²) in [5.74, 6) is 0. The van der Waals surface area contributed by atoms with Crippen molar-refractivity contribution in [3.63, 3.8) is 0 Å². The highest BCUT2D eigenvalue weighted by atomic mass is 32.1. The van der Waals surface area contributed by atoms with E-state index in [1.807, 2.05) is 0 Å². The second-order valence-corrected chi connectivity index (χ2v) is 6.79. The molecule has 1 saturated heterocycles. The van der Waals surface area contributed by atoms with Crippen LogP contribution in [0.15, 0.2) is 23.6 Å². The van der Waals surface area contributed by atoms with Gasteiger partial charge >= 0.3 is 0 Å². The number of nitrogens with zero attached hydrogens (tertiary/aromatic N) is 2. The number of ether oxygens (including phenoxy) is 1. The van der Waals surface area contributed by atoms with Crippen molar-refractivity contribution in [3.8, 4) is 11.3 Å². The number of hydrogen-bond acceptors (Lipinski definition) is 4. The lowest BCUT2D eigenvalue weighted by atomic mass is 10.1. The van der Waals surface area contributed by atoms with Crippen LogP contribution >= 0.6 is 11.3 Å². The zero-order valence-corrected chi connectivity index (χ0v) is 13.0. The third kappa shape index (κ3) is 2.89. The van der Waals surface area contributed by atoms with Crippen LogP contribution in [-0.4, -0.2) is 36.2 Å². The van der Waals surface area contributed by atoms with E-state index < -0.39 is 0 Å². The first-order valence-corrected chi connectivity index (χ1v) is 8.63. The van der Waals surface area contributed by atoms with E-state index in [4.69, 9.17) is 9.72 Å². The summed E-state index contributed by atoms with van der Waals surface area (Å²) < 4.78 is 5.40. The fraction of sp³-hybridized carbons (Fsp3) is 0.471. The Morgan fingerprint density at radius 1 is 1.14 bits per heavy atom. The molecule has 3 nitrogen and oxygen atoms in total. The molecule has 0 unspecified atom stereocenters. The minimum absolute atomic E-state index is 0.850. The summed E-state index contributed by atoms with van der Waals surface area (Å²) in [6, 6.07) is 6.87. The zero-order chi connectivity index (χ0) is 14.1. The molecule has 0 atom stereocenters. The van der Waals surface area contributed by atoms with Crippen LogP contribution in [0.2, 0.25) is 0 Å². The summed E-state index contributed by atoms with van der Waals surface area (Å²) in [5, 5.41) is 3.42. The molecule has 0 N–H and O–H groups in total. The normalized spacial score (nSPS) is 18.9. The second-order valence-electron chi connectivity index (χ2n) is 5.85. The first-order valence-electron chi connectivity index (χ1n) is 7.75. The molecule has 0 spiro atoms. The first kappa shape index (κ1) is 13.4. The SMILES string of the molecule is c1cc2c(cc1-c1csc(CN3CCOCC3)n1)CCC2. The minimum Gasteiger partial charge on any atom is -0.379 e. The van der Waals surface area contributed by atoms with Gasteiger partial charge in [-0.2, -0.15) is 0 Å². The van der Waals surface area contributed by atoms with Crippen LogP contribution in [0.25, 0.3) is 11.3 Å². The Morgan fingerprint density at radius 3 is 2.90 bits per heavy atom. The molecule has 0 bridgehead atoms. The van der Waals surface area contributed by atoms with Gasteiger partial charge in [0.05, 0.1) is 25.5 Å². The van der Waals surface area contributed by atoms with Crippen LogP contribution in [0.1, 0.15) is 22.6 Å². The molecule has 21 heavy (non-hydrogen) atoms. The number of aromatic nitrogens is 1. The van der Waals surface area contributed by atoms with Gasteiger partial charge in [-0.05, 0) is 36.5 Å². The molecule has 0 radical (unpaired) electrons. The summed E-state index contributed by atoms with van der Waals surface area (Å²) >= 11 is 1.78. The molecule has 2 aromatic rings. The molecule has 1 fully saturated rings. The Bertz CT molecular complexity index is 631. The van der Waals surface area contributed by atoms with E-state index in [0.29, 0.717) is 0 Å². The van der Waals surface area contributed by atoms with Gasteiger partial charge in [-0.1, -0.05) is 12.1 Å². The van der Waals surface area contributed by atoms with Crippen LogP contribution in [-0.2, 0) is 24.1 Å².